The number of aryl methyl sites for hydroxylation is 1. The van der Waals surface area contributed by atoms with Gasteiger partial charge in [0.25, 0.3) is 0 Å². The lowest BCUT2D eigenvalue weighted by Crippen LogP contribution is -2.16. The average molecular weight is 338 g/mol. The van der Waals surface area contributed by atoms with Gasteiger partial charge in [0.2, 0.25) is 0 Å². The largest absolute Gasteiger partial charge is 0.459 e. The van der Waals surface area contributed by atoms with Crippen molar-refractivity contribution in [1.29, 1.82) is 0 Å². The van der Waals surface area contributed by atoms with Crippen LogP contribution in [-0.2, 0) is 22.6 Å². The molecule has 0 amide bonds. The number of aliphatic hydroxyl groups excluding tert-OH is 1. The standard InChI is InChI=1S/C20H18O5/c1-2-13-8-9-16-15(11-18(21)25-17(16)10-13)12-24-20(23)19(22)14-6-4-3-5-7-14/h3-11,19,22H,2,12H2,1H3/t19-/m1/s1. The van der Waals surface area contributed by atoms with E-state index in [0.29, 0.717) is 22.1 Å². The van der Waals surface area contributed by atoms with E-state index in [1.165, 1.54) is 6.07 Å². The number of benzene rings is 2. The van der Waals surface area contributed by atoms with Crippen molar-refractivity contribution in [2.45, 2.75) is 26.1 Å². The Morgan fingerprint density at radius 1 is 1.16 bits per heavy atom. The van der Waals surface area contributed by atoms with Gasteiger partial charge in [-0.25, -0.2) is 9.59 Å². The molecule has 2 aromatic carbocycles. The number of ether oxygens (including phenoxy) is 1. The zero-order chi connectivity index (χ0) is 17.8. The topological polar surface area (TPSA) is 76.7 Å². The van der Waals surface area contributed by atoms with E-state index in [1.807, 2.05) is 19.1 Å². The minimum Gasteiger partial charge on any atom is -0.459 e. The molecule has 0 radical (unpaired) electrons. The Kier molecular flexibility index (Phi) is 4.95. The van der Waals surface area contributed by atoms with E-state index in [2.05, 4.69) is 0 Å². The highest BCUT2D eigenvalue weighted by Gasteiger charge is 2.19. The summed E-state index contributed by atoms with van der Waals surface area (Å²) in [5, 5.41) is 10.8. The third kappa shape index (κ3) is 3.78. The first-order valence-electron chi connectivity index (χ1n) is 8.04. The summed E-state index contributed by atoms with van der Waals surface area (Å²) in [5.41, 5.74) is 2.00. The van der Waals surface area contributed by atoms with Gasteiger partial charge in [-0.15, -0.1) is 0 Å². The van der Waals surface area contributed by atoms with Crippen LogP contribution in [0.15, 0.2) is 63.8 Å². The highest BCUT2D eigenvalue weighted by molar-refractivity contribution is 5.81. The number of esters is 1. The van der Waals surface area contributed by atoms with Gasteiger partial charge in [0, 0.05) is 17.0 Å². The number of hydrogen-bond donors (Lipinski definition) is 1. The fourth-order valence-corrected chi connectivity index (χ4v) is 2.61. The van der Waals surface area contributed by atoms with Gasteiger partial charge in [0.1, 0.15) is 12.2 Å². The van der Waals surface area contributed by atoms with Gasteiger partial charge in [-0.3, -0.25) is 0 Å². The Morgan fingerprint density at radius 2 is 1.92 bits per heavy atom. The third-order valence-corrected chi connectivity index (χ3v) is 4.01. The van der Waals surface area contributed by atoms with E-state index >= 15 is 0 Å². The second-order valence-corrected chi connectivity index (χ2v) is 5.70. The number of hydrogen-bond acceptors (Lipinski definition) is 5. The number of aliphatic hydroxyl groups is 1. The molecule has 0 bridgehead atoms. The molecule has 0 spiro atoms. The zero-order valence-corrected chi connectivity index (χ0v) is 13.8. The molecule has 0 aliphatic carbocycles. The first-order valence-corrected chi connectivity index (χ1v) is 8.04. The average Bonchev–Trinajstić information content (AvgIpc) is 2.65. The summed E-state index contributed by atoms with van der Waals surface area (Å²) in [6.45, 7) is 1.90. The van der Waals surface area contributed by atoms with Crippen molar-refractivity contribution in [3.05, 3.63) is 81.7 Å². The molecule has 1 heterocycles. The van der Waals surface area contributed by atoms with Gasteiger partial charge in [-0.2, -0.15) is 0 Å². The van der Waals surface area contributed by atoms with Gasteiger partial charge < -0.3 is 14.3 Å². The van der Waals surface area contributed by atoms with Crippen molar-refractivity contribution >= 4 is 16.9 Å². The third-order valence-electron chi connectivity index (χ3n) is 4.01. The molecular weight excluding hydrogens is 320 g/mol. The Bertz CT molecular complexity index is 943. The molecule has 0 fully saturated rings. The van der Waals surface area contributed by atoms with Crippen LogP contribution in [0.2, 0.25) is 0 Å². The zero-order valence-electron chi connectivity index (χ0n) is 13.8. The molecular formula is C20H18O5. The van der Waals surface area contributed by atoms with Gasteiger partial charge in [0.15, 0.2) is 6.10 Å². The summed E-state index contributed by atoms with van der Waals surface area (Å²) in [6.07, 6.45) is -0.540. The molecule has 3 rings (SSSR count). The van der Waals surface area contributed by atoms with E-state index in [0.717, 1.165) is 12.0 Å². The molecule has 128 valence electrons. The fourth-order valence-electron chi connectivity index (χ4n) is 2.61. The molecule has 0 aliphatic heterocycles. The van der Waals surface area contributed by atoms with E-state index in [4.69, 9.17) is 9.15 Å². The maximum Gasteiger partial charge on any atom is 0.339 e. The van der Waals surface area contributed by atoms with Crippen LogP contribution in [-0.4, -0.2) is 11.1 Å². The Labute approximate surface area is 144 Å². The maximum atomic E-state index is 12.1. The van der Waals surface area contributed by atoms with Crippen LogP contribution in [0.1, 0.15) is 29.7 Å². The molecule has 3 aromatic rings. The number of fused-ring (bicyclic) bond motifs is 1. The van der Waals surface area contributed by atoms with Crippen LogP contribution in [0.5, 0.6) is 0 Å². The van der Waals surface area contributed by atoms with Crippen LogP contribution in [0, 0.1) is 0 Å². The number of carbonyl (C=O) groups excluding carboxylic acids is 1. The van der Waals surface area contributed by atoms with Gasteiger partial charge in [-0.05, 0) is 23.6 Å². The van der Waals surface area contributed by atoms with Crippen LogP contribution < -0.4 is 5.63 Å². The summed E-state index contributed by atoms with van der Waals surface area (Å²) < 4.78 is 10.4. The SMILES string of the molecule is CCc1ccc2c(COC(=O)[C@H](O)c3ccccc3)cc(=O)oc2c1. The first kappa shape index (κ1) is 16.9. The smallest absolute Gasteiger partial charge is 0.339 e. The molecule has 0 saturated heterocycles. The molecule has 5 nitrogen and oxygen atoms in total. The lowest BCUT2D eigenvalue weighted by Gasteiger charge is -2.12. The van der Waals surface area contributed by atoms with Gasteiger partial charge >= 0.3 is 11.6 Å². The highest BCUT2D eigenvalue weighted by atomic mass is 16.5. The Balaban J connectivity index is 1.81. The quantitative estimate of drug-likeness (QED) is 0.571. The minimum atomic E-state index is -1.36. The molecule has 25 heavy (non-hydrogen) atoms. The second-order valence-electron chi connectivity index (χ2n) is 5.70. The Morgan fingerprint density at radius 3 is 2.64 bits per heavy atom. The van der Waals surface area contributed by atoms with Crippen molar-refractivity contribution in [2.24, 2.45) is 0 Å². The highest BCUT2D eigenvalue weighted by Crippen LogP contribution is 2.21. The predicted molar refractivity (Wildman–Crippen MR) is 93.1 cm³/mol. The molecule has 0 aliphatic rings. The predicted octanol–water partition coefficient (Wildman–Crippen LogP) is 3.13. The minimum absolute atomic E-state index is 0.115. The van der Waals surface area contributed by atoms with Crippen molar-refractivity contribution in [3.63, 3.8) is 0 Å². The van der Waals surface area contributed by atoms with Crippen LogP contribution in [0.25, 0.3) is 11.0 Å². The first-order chi connectivity index (χ1) is 12.1. The summed E-state index contributed by atoms with van der Waals surface area (Å²) in [4.78, 5) is 23.8. The lowest BCUT2D eigenvalue weighted by atomic mass is 10.1. The summed E-state index contributed by atoms with van der Waals surface area (Å²) in [7, 11) is 0. The van der Waals surface area contributed by atoms with Crippen LogP contribution >= 0.6 is 0 Å². The fraction of sp³-hybridized carbons (Fsp3) is 0.200. The second kappa shape index (κ2) is 7.32. The molecule has 1 atom stereocenters. The molecule has 5 heteroatoms. The maximum absolute atomic E-state index is 12.1. The molecule has 1 aromatic heterocycles. The molecule has 0 saturated carbocycles. The van der Waals surface area contributed by atoms with E-state index in [1.54, 1.807) is 36.4 Å². The van der Waals surface area contributed by atoms with Crippen molar-refractivity contribution in [3.8, 4) is 0 Å². The summed E-state index contributed by atoms with van der Waals surface area (Å²) >= 11 is 0. The van der Waals surface area contributed by atoms with E-state index < -0.39 is 17.7 Å². The van der Waals surface area contributed by atoms with E-state index in [9.17, 15) is 14.7 Å². The number of carbonyl (C=O) groups is 1. The van der Waals surface area contributed by atoms with Crippen LogP contribution in [0.3, 0.4) is 0 Å². The molecule has 1 N–H and O–H groups in total. The van der Waals surface area contributed by atoms with Crippen molar-refractivity contribution in [1.82, 2.24) is 0 Å². The summed E-state index contributed by atoms with van der Waals surface area (Å²) in [6, 6.07) is 15.4. The normalized spacial score (nSPS) is 12.1. The van der Waals surface area contributed by atoms with Gasteiger partial charge in [0.05, 0.1) is 0 Å². The van der Waals surface area contributed by atoms with Crippen molar-refractivity contribution < 1.29 is 19.1 Å². The van der Waals surface area contributed by atoms with E-state index in [-0.39, 0.29) is 6.61 Å². The molecule has 0 unspecified atom stereocenters. The lowest BCUT2D eigenvalue weighted by molar-refractivity contribution is -0.155. The summed E-state index contributed by atoms with van der Waals surface area (Å²) in [5.74, 6) is -0.766. The van der Waals surface area contributed by atoms with Crippen LogP contribution in [0.4, 0.5) is 0 Å². The van der Waals surface area contributed by atoms with Gasteiger partial charge in [-0.1, -0.05) is 49.4 Å². The van der Waals surface area contributed by atoms with Crippen molar-refractivity contribution in [2.75, 3.05) is 0 Å². The monoisotopic (exact) mass is 338 g/mol. The number of rotatable bonds is 5. The Hall–Kier alpha value is -2.92.